The molecule has 1 unspecified atom stereocenters. The molecule has 106 valence electrons. The topological polar surface area (TPSA) is 12.0 Å². The third-order valence-corrected chi connectivity index (χ3v) is 5.08. The zero-order valence-electron chi connectivity index (χ0n) is 11.1. The zero-order chi connectivity index (χ0) is 13.9. The van der Waals surface area contributed by atoms with Crippen LogP contribution in [0.25, 0.3) is 0 Å². The summed E-state index contributed by atoms with van der Waals surface area (Å²) in [6.07, 6.45) is 5.05. The highest BCUT2D eigenvalue weighted by Gasteiger charge is 2.27. The molecule has 3 rings (SSSR count). The zero-order valence-corrected chi connectivity index (χ0v) is 12.7. The van der Waals surface area contributed by atoms with Crippen LogP contribution in [0.3, 0.4) is 0 Å². The van der Waals surface area contributed by atoms with Gasteiger partial charge in [0.2, 0.25) is 0 Å². The summed E-state index contributed by atoms with van der Waals surface area (Å²) >= 11 is 7.70. The average Bonchev–Trinajstić information content (AvgIpc) is 3.08. The highest BCUT2D eigenvalue weighted by Crippen LogP contribution is 2.39. The van der Waals surface area contributed by atoms with Crippen molar-refractivity contribution < 1.29 is 4.39 Å². The summed E-state index contributed by atoms with van der Waals surface area (Å²) in [7, 11) is 0. The second-order valence-corrected chi connectivity index (χ2v) is 6.76. The Morgan fingerprint density at radius 2 is 2.05 bits per heavy atom. The van der Waals surface area contributed by atoms with E-state index in [0.29, 0.717) is 10.9 Å². The number of thiophene rings is 1. The molecule has 1 aromatic carbocycles. The Bertz CT molecular complexity index is 544. The molecule has 1 aliphatic rings. The fourth-order valence-electron chi connectivity index (χ4n) is 3.00. The van der Waals surface area contributed by atoms with E-state index < -0.39 is 0 Å². The van der Waals surface area contributed by atoms with Crippen LogP contribution in [-0.2, 0) is 0 Å². The van der Waals surface area contributed by atoms with Crippen molar-refractivity contribution in [2.45, 2.75) is 31.7 Å². The summed E-state index contributed by atoms with van der Waals surface area (Å²) in [6, 6.07) is 9.13. The van der Waals surface area contributed by atoms with Gasteiger partial charge in [0.05, 0.1) is 6.04 Å². The van der Waals surface area contributed by atoms with Crippen LogP contribution >= 0.6 is 22.9 Å². The molecule has 1 aromatic heterocycles. The Labute approximate surface area is 127 Å². The quantitative estimate of drug-likeness (QED) is 0.743. The molecule has 1 aliphatic carbocycles. The minimum atomic E-state index is -0.295. The Morgan fingerprint density at radius 1 is 1.25 bits per heavy atom. The van der Waals surface area contributed by atoms with E-state index >= 15 is 0 Å². The van der Waals surface area contributed by atoms with E-state index in [2.05, 4.69) is 22.8 Å². The molecule has 0 radical (unpaired) electrons. The Hall–Kier alpha value is -1.06. The van der Waals surface area contributed by atoms with Gasteiger partial charge in [-0.1, -0.05) is 30.5 Å². The van der Waals surface area contributed by atoms with Crippen LogP contribution in [0.1, 0.15) is 36.6 Å². The summed E-state index contributed by atoms with van der Waals surface area (Å²) in [5.41, 5.74) is 0.764. The van der Waals surface area contributed by atoms with Gasteiger partial charge in [0.15, 0.2) is 0 Å². The van der Waals surface area contributed by atoms with Gasteiger partial charge in [-0.05, 0) is 48.4 Å². The van der Waals surface area contributed by atoms with Crippen molar-refractivity contribution >= 4 is 28.6 Å². The lowest BCUT2D eigenvalue weighted by molar-refractivity contribution is 0.475. The fourth-order valence-corrected chi connectivity index (χ4v) is 4.09. The minimum absolute atomic E-state index is 0.260. The molecule has 1 N–H and O–H groups in total. The van der Waals surface area contributed by atoms with Gasteiger partial charge in [-0.25, -0.2) is 4.39 Å². The van der Waals surface area contributed by atoms with Gasteiger partial charge in [-0.15, -0.1) is 11.3 Å². The largest absolute Gasteiger partial charge is 0.377 e. The SMILES string of the molecule is Fc1cc(Cl)cc(NC(c2cccs2)C2CCCC2)c1. The maximum Gasteiger partial charge on any atom is 0.126 e. The molecular weight excluding hydrogens is 293 g/mol. The van der Waals surface area contributed by atoms with Crippen molar-refractivity contribution in [3.05, 3.63) is 51.4 Å². The van der Waals surface area contributed by atoms with Crippen molar-refractivity contribution in [1.82, 2.24) is 0 Å². The van der Waals surface area contributed by atoms with E-state index in [1.165, 1.54) is 42.7 Å². The second-order valence-electron chi connectivity index (χ2n) is 5.34. The first-order chi connectivity index (χ1) is 9.72. The molecule has 20 heavy (non-hydrogen) atoms. The highest BCUT2D eigenvalue weighted by molar-refractivity contribution is 7.10. The average molecular weight is 310 g/mol. The molecular formula is C16H17ClFNS. The first-order valence-electron chi connectivity index (χ1n) is 6.98. The number of rotatable bonds is 4. The Kier molecular flexibility index (Phi) is 4.27. The predicted octanol–water partition coefficient (Wildman–Crippen LogP) is 5.88. The number of hydrogen-bond acceptors (Lipinski definition) is 2. The molecule has 0 aliphatic heterocycles. The van der Waals surface area contributed by atoms with Gasteiger partial charge in [-0.2, -0.15) is 0 Å². The van der Waals surface area contributed by atoms with Crippen LogP contribution in [0.15, 0.2) is 35.7 Å². The van der Waals surface area contributed by atoms with Crippen molar-refractivity contribution in [3.63, 3.8) is 0 Å². The van der Waals surface area contributed by atoms with Gasteiger partial charge < -0.3 is 5.32 Å². The monoisotopic (exact) mass is 309 g/mol. The van der Waals surface area contributed by atoms with Crippen LogP contribution in [0.5, 0.6) is 0 Å². The Balaban J connectivity index is 1.85. The predicted molar refractivity (Wildman–Crippen MR) is 84.1 cm³/mol. The molecule has 1 fully saturated rings. The van der Waals surface area contributed by atoms with Crippen LogP contribution in [0.4, 0.5) is 10.1 Å². The number of anilines is 1. The summed E-state index contributed by atoms with van der Waals surface area (Å²) in [4.78, 5) is 1.32. The van der Waals surface area contributed by atoms with Gasteiger partial charge in [0.1, 0.15) is 5.82 Å². The van der Waals surface area contributed by atoms with E-state index in [9.17, 15) is 4.39 Å². The van der Waals surface area contributed by atoms with E-state index in [0.717, 1.165) is 5.69 Å². The number of benzene rings is 1. The van der Waals surface area contributed by atoms with Crippen LogP contribution in [0.2, 0.25) is 5.02 Å². The van der Waals surface area contributed by atoms with Crippen molar-refractivity contribution in [2.75, 3.05) is 5.32 Å². The van der Waals surface area contributed by atoms with Crippen LogP contribution < -0.4 is 5.32 Å². The van der Waals surface area contributed by atoms with Gasteiger partial charge in [-0.3, -0.25) is 0 Å². The summed E-state index contributed by atoms with van der Waals surface area (Å²) < 4.78 is 13.5. The standard InChI is InChI=1S/C16H17ClFNS/c17-12-8-13(18)10-14(9-12)19-16(11-4-1-2-5-11)15-6-3-7-20-15/h3,6-11,16,19H,1-2,4-5H2. The van der Waals surface area contributed by atoms with Crippen molar-refractivity contribution in [1.29, 1.82) is 0 Å². The normalized spacial score (nSPS) is 17.3. The summed E-state index contributed by atoms with van der Waals surface area (Å²) in [5.74, 6) is 0.326. The lowest BCUT2D eigenvalue weighted by Crippen LogP contribution is -2.18. The molecule has 0 bridgehead atoms. The molecule has 0 spiro atoms. The maximum absolute atomic E-state index is 13.5. The summed E-state index contributed by atoms with van der Waals surface area (Å²) in [6.45, 7) is 0. The third kappa shape index (κ3) is 3.15. The minimum Gasteiger partial charge on any atom is -0.377 e. The molecule has 0 amide bonds. The van der Waals surface area contributed by atoms with Crippen molar-refractivity contribution in [2.24, 2.45) is 5.92 Å². The Morgan fingerprint density at radius 3 is 2.70 bits per heavy atom. The molecule has 1 atom stereocenters. The van der Waals surface area contributed by atoms with E-state index in [1.54, 1.807) is 17.4 Å². The van der Waals surface area contributed by atoms with E-state index in [-0.39, 0.29) is 11.9 Å². The number of nitrogens with one attached hydrogen (secondary N) is 1. The van der Waals surface area contributed by atoms with E-state index in [1.807, 2.05) is 0 Å². The molecule has 1 saturated carbocycles. The van der Waals surface area contributed by atoms with Gasteiger partial charge in [0, 0.05) is 15.6 Å². The number of hydrogen-bond donors (Lipinski definition) is 1. The van der Waals surface area contributed by atoms with E-state index in [4.69, 9.17) is 11.6 Å². The molecule has 1 nitrogen and oxygen atoms in total. The molecule has 0 saturated heterocycles. The molecule has 4 heteroatoms. The fraction of sp³-hybridized carbons (Fsp3) is 0.375. The van der Waals surface area contributed by atoms with Gasteiger partial charge >= 0.3 is 0 Å². The third-order valence-electron chi connectivity index (χ3n) is 3.91. The van der Waals surface area contributed by atoms with Crippen LogP contribution in [0, 0.1) is 11.7 Å². The number of halogens is 2. The lowest BCUT2D eigenvalue weighted by atomic mass is 9.96. The van der Waals surface area contributed by atoms with Gasteiger partial charge in [0.25, 0.3) is 0 Å². The van der Waals surface area contributed by atoms with Crippen molar-refractivity contribution in [3.8, 4) is 0 Å². The molecule has 2 aromatic rings. The lowest BCUT2D eigenvalue weighted by Gasteiger charge is -2.25. The smallest absolute Gasteiger partial charge is 0.126 e. The van der Waals surface area contributed by atoms with Crippen LogP contribution in [-0.4, -0.2) is 0 Å². The summed E-state index contributed by atoms with van der Waals surface area (Å²) in [5, 5.41) is 6.02. The maximum atomic E-state index is 13.5. The first kappa shape index (κ1) is 13.9. The second kappa shape index (κ2) is 6.15. The molecule has 1 heterocycles. The first-order valence-corrected chi connectivity index (χ1v) is 8.24. The highest BCUT2D eigenvalue weighted by atomic mass is 35.5.